The number of H-pyrrole nitrogens is 1. The molecular formula is C8H9FN2S2. The fourth-order valence-corrected chi connectivity index (χ4v) is 2.45. The number of alkyl halides is 1. The van der Waals surface area contributed by atoms with Crippen LogP contribution in [0.5, 0.6) is 0 Å². The number of rotatable bonds is 2. The monoisotopic (exact) mass is 216 g/mol. The van der Waals surface area contributed by atoms with E-state index in [-0.39, 0.29) is 6.67 Å². The van der Waals surface area contributed by atoms with Crippen LogP contribution in [0.15, 0.2) is 6.20 Å². The molecule has 0 bridgehead atoms. The van der Waals surface area contributed by atoms with Gasteiger partial charge in [-0.05, 0) is 18.3 Å². The van der Waals surface area contributed by atoms with E-state index in [1.807, 2.05) is 17.2 Å². The third kappa shape index (κ3) is 1.81. The molecule has 1 aromatic heterocycles. The van der Waals surface area contributed by atoms with Gasteiger partial charge >= 0.3 is 0 Å². The van der Waals surface area contributed by atoms with Gasteiger partial charge in [-0.2, -0.15) is 0 Å². The van der Waals surface area contributed by atoms with Crippen LogP contribution < -0.4 is 0 Å². The molecule has 0 saturated heterocycles. The van der Waals surface area contributed by atoms with Gasteiger partial charge in [0.15, 0.2) is 3.95 Å². The molecule has 0 radical (unpaired) electrons. The number of fused-ring (bicyclic) bond motifs is 1. The highest BCUT2D eigenvalue weighted by Crippen LogP contribution is 2.23. The van der Waals surface area contributed by atoms with Crippen LogP contribution in [0.1, 0.15) is 10.6 Å². The molecule has 0 fully saturated rings. The lowest BCUT2D eigenvalue weighted by molar-refractivity contribution is 0.316. The van der Waals surface area contributed by atoms with Gasteiger partial charge in [0.05, 0.1) is 17.1 Å². The lowest BCUT2D eigenvalue weighted by atomic mass is 10.2. The molecule has 1 aliphatic heterocycles. The predicted molar refractivity (Wildman–Crippen MR) is 54.9 cm³/mol. The van der Waals surface area contributed by atoms with Crippen molar-refractivity contribution in [3.05, 3.63) is 20.7 Å². The molecule has 0 unspecified atom stereocenters. The molecule has 70 valence electrons. The summed E-state index contributed by atoms with van der Waals surface area (Å²) >= 11 is 6.58. The highest BCUT2D eigenvalue weighted by molar-refractivity contribution is 7.73. The summed E-state index contributed by atoms with van der Waals surface area (Å²) in [6.45, 7) is 0.875. The van der Waals surface area contributed by atoms with Crippen molar-refractivity contribution in [3.63, 3.8) is 0 Å². The van der Waals surface area contributed by atoms with Gasteiger partial charge < -0.3 is 9.88 Å². The smallest absolute Gasteiger partial charge is 0.159 e. The summed E-state index contributed by atoms with van der Waals surface area (Å²) in [5.41, 5.74) is 1.10. The number of aromatic nitrogens is 1. The zero-order valence-corrected chi connectivity index (χ0v) is 8.55. The molecule has 0 aromatic carbocycles. The van der Waals surface area contributed by atoms with Crippen molar-refractivity contribution < 1.29 is 4.39 Å². The first kappa shape index (κ1) is 8.90. The highest BCUT2D eigenvalue weighted by atomic mass is 32.1. The molecule has 0 atom stereocenters. The van der Waals surface area contributed by atoms with Gasteiger partial charge in [0, 0.05) is 12.7 Å². The minimum Gasteiger partial charge on any atom is -0.369 e. The van der Waals surface area contributed by atoms with E-state index in [2.05, 4.69) is 4.98 Å². The Hall–Kier alpha value is -0.680. The van der Waals surface area contributed by atoms with Gasteiger partial charge in [-0.15, -0.1) is 11.3 Å². The Morgan fingerprint density at radius 2 is 2.54 bits per heavy atom. The van der Waals surface area contributed by atoms with Crippen LogP contribution >= 0.6 is 23.6 Å². The second-order valence-electron chi connectivity index (χ2n) is 2.83. The first-order valence-corrected chi connectivity index (χ1v) is 5.22. The normalized spacial score (nSPS) is 14.7. The molecule has 0 spiro atoms. The molecule has 1 N–H and O–H groups in total. The number of hydrogen-bond donors (Lipinski definition) is 1. The second kappa shape index (κ2) is 3.59. The highest BCUT2D eigenvalue weighted by Gasteiger charge is 2.11. The average Bonchev–Trinajstić information content (AvgIpc) is 2.44. The van der Waals surface area contributed by atoms with E-state index >= 15 is 0 Å². The lowest BCUT2D eigenvalue weighted by Crippen LogP contribution is -2.21. The van der Waals surface area contributed by atoms with E-state index in [0.717, 1.165) is 16.2 Å². The molecule has 2 nitrogen and oxygen atoms in total. The maximum absolute atomic E-state index is 12.1. The Labute approximate surface area is 84.7 Å². The van der Waals surface area contributed by atoms with E-state index < -0.39 is 0 Å². The maximum Gasteiger partial charge on any atom is 0.159 e. The molecule has 2 rings (SSSR count). The number of thiazole rings is 1. The van der Waals surface area contributed by atoms with Crippen LogP contribution in [0, 0.1) is 3.95 Å². The average molecular weight is 216 g/mol. The van der Waals surface area contributed by atoms with Gasteiger partial charge in [0.2, 0.25) is 0 Å². The number of halogens is 1. The molecule has 0 aliphatic carbocycles. The van der Waals surface area contributed by atoms with E-state index in [9.17, 15) is 4.39 Å². The van der Waals surface area contributed by atoms with E-state index in [1.165, 1.54) is 4.88 Å². The number of hydrogen-bond acceptors (Lipinski definition) is 3. The van der Waals surface area contributed by atoms with Crippen molar-refractivity contribution >= 4 is 29.6 Å². The first-order valence-electron chi connectivity index (χ1n) is 4.00. The van der Waals surface area contributed by atoms with Gasteiger partial charge in [-0.25, -0.2) is 4.39 Å². The summed E-state index contributed by atoms with van der Waals surface area (Å²) in [6, 6.07) is 0. The van der Waals surface area contributed by atoms with Crippen LogP contribution in [-0.4, -0.2) is 23.1 Å². The number of aromatic amines is 1. The molecule has 1 aliphatic rings. The van der Waals surface area contributed by atoms with Crippen molar-refractivity contribution in [2.24, 2.45) is 0 Å². The summed E-state index contributed by atoms with van der Waals surface area (Å²) in [5.74, 6) is 0. The van der Waals surface area contributed by atoms with Gasteiger partial charge in [-0.1, -0.05) is 0 Å². The fourth-order valence-electron chi connectivity index (χ4n) is 1.31. The van der Waals surface area contributed by atoms with Crippen LogP contribution in [0.25, 0.3) is 6.08 Å². The topological polar surface area (TPSA) is 19.0 Å². The summed E-state index contributed by atoms with van der Waals surface area (Å²) in [6.07, 6.45) is 3.90. The summed E-state index contributed by atoms with van der Waals surface area (Å²) in [7, 11) is 0. The van der Waals surface area contributed by atoms with Gasteiger partial charge in [0.1, 0.15) is 6.67 Å². The van der Waals surface area contributed by atoms with Crippen LogP contribution in [0.4, 0.5) is 4.39 Å². The molecule has 13 heavy (non-hydrogen) atoms. The van der Waals surface area contributed by atoms with Crippen LogP contribution in [0.2, 0.25) is 0 Å². The largest absolute Gasteiger partial charge is 0.369 e. The molecular weight excluding hydrogens is 207 g/mol. The SMILES string of the molecule is FCCN1C=Cc2sc(=S)[nH]c2C1. The van der Waals surface area contributed by atoms with Crippen molar-refractivity contribution in [1.29, 1.82) is 0 Å². The Balaban J connectivity index is 2.22. The quantitative estimate of drug-likeness (QED) is 0.766. The first-order chi connectivity index (χ1) is 6.29. The third-order valence-corrected chi connectivity index (χ3v) is 3.16. The zero-order chi connectivity index (χ0) is 9.26. The Morgan fingerprint density at radius 3 is 3.31 bits per heavy atom. The summed E-state index contributed by atoms with van der Waals surface area (Å²) < 4.78 is 12.8. The van der Waals surface area contributed by atoms with Crippen molar-refractivity contribution in [2.75, 3.05) is 13.2 Å². The Bertz CT molecular complexity index is 380. The van der Waals surface area contributed by atoms with Crippen LogP contribution in [-0.2, 0) is 6.54 Å². The van der Waals surface area contributed by atoms with Crippen molar-refractivity contribution in [3.8, 4) is 0 Å². The van der Waals surface area contributed by atoms with Crippen molar-refractivity contribution in [1.82, 2.24) is 9.88 Å². The van der Waals surface area contributed by atoms with E-state index in [4.69, 9.17) is 12.2 Å². The summed E-state index contributed by atoms with van der Waals surface area (Å²) in [5, 5.41) is 0. The predicted octanol–water partition coefficient (Wildman–Crippen LogP) is 2.56. The van der Waals surface area contributed by atoms with Gasteiger partial charge in [0.25, 0.3) is 0 Å². The third-order valence-electron chi connectivity index (χ3n) is 1.92. The van der Waals surface area contributed by atoms with Crippen LogP contribution in [0.3, 0.4) is 0 Å². The summed E-state index contributed by atoms with van der Waals surface area (Å²) in [4.78, 5) is 6.20. The molecule has 0 saturated carbocycles. The molecule has 1 aromatic rings. The standard InChI is InChI=1S/C8H9FN2S2/c9-2-4-11-3-1-7-6(5-11)10-8(12)13-7/h1,3H,2,4-5H2,(H,10,12). The maximum atomic E-state index is 12.1. The molecule has 0 amide bonds. The zero-order valence-electron chi connectivity index (χ0n) is 6.92. The second-order valence-corrected chi connectivity index (χ2v) is 4.55. The fraction of sp³-hybridized carbons (Fsp3) is 0.375. The lowest BCUT2D eigenvalue weighted by Gasteiger charge is -2.21. The number of nitrogens with zero attached hydrogens (tertiary/aromatic N) is 1. The van der Waals surface area contributed by atoms with Crippen molar-refractivity contribution in [2.45, 2.75) is 6.54 Å². The van der Waals surface area contributed by atoms with E-state index in [1.54, 1.807) is 11.3 Å². The Kier molecular flexibility index (Phi) is 2.46. The van der Waals surface area contributed by atoms with Gasteiger partial charge in [-0.3, -0.25) is 0 Å². The van der Waals surface area contributed by atoms with E-state index in [0.29, 0.717) is 6.54 Å². The molecule has 5 heteroatoms. The Morgan fingerprint density at radius 1 is 1.69 bits per heavy atom. The number of nitrogens with one attached hydrogen (secondary N) is 1. The minimum atomic E-state index is -0.315. The minimum absolute atomic E-state index is 0.315. The molecule has 2 heterocycles.